The molecule has 0 aromatic carbocycles. The first kappa shape index (κ1) is 14.9. The van der Waals surface area contributed by atoms with Gasteiger partial charge in [-0.3, -0.25) is 9.59 Å². The zero-order valence-electron chi connectivity index (χ0n) is 11.5. The van der Waals surface area contributed by atoms with E-state index in [0.29, 0.717) is 32.3 Å². The molecule has 0 bridgehead atoms. The largest absolute Gasteiger partial charge is 0.466 e. The van der Waals surface area contributed by atoms with E-state index >= 15 is 0 Å². The average Bonchev–Trinajstić information content (AvgIpc) is 2.46. The summed E-state index contributed by atoms with van der Waals surface area (Å²) in [6.07, 6.45) is 2.83. The summed E-state index contributed by atoms with van der Waals surface area (Å²) < 4.78 is 4.95. The van der Waals surface area contributed by atoms with Gasteiger partial charge in [-0.25, -0.2) is 0 Å². The lowest BCUT2D eigenvalue weighted by molar-refractivity contribution is -0.149. The van der Waals surface area contributed by atoms with Crippen molar-refractivity contribution in [3.05, 3.63) is 0 Å². The molecule has 0 aromatic rings. The molecule has 0 aliphatic heterocycles. The van der Waals surface area contributed by atoms with Crippen LogP contribution >= 0.6 is 0 Å². The van der Waals surface area contributed by atoms with Crippen LogP contribution in [0, 0.1) is 10.8 Å². The Bertz CT molecular complexity index is 346. The van der Waals surface area contributed by atoms with E-state index in [1.54, 1.807) is 6.92 Å². The summed E-state index contributed by atoms with van der Waals surface area (Å²) >= 11 is 0. The highest BCUT2D eigenvalue weighted by atomic mass is 16.5. The van der Waals surface area contributed by atoms with Gasteiger partial charge in [0.15, 0.2) is 0 Å². The smallest absolute Gasteiger partial charge is 0.306 e. The number of ketones is 1. The van der Waals surface area contributed by atoms with Crippen molar-refractivity contribution < 1.29 is 19.1 Å². The molecule has 1 aliphatic rings. The molecular weight excluding hydrogens is 232 g/mol. The van der Waals surface area contributed by atoms with Crippen molar-refractivity contribution >= 4 is 18.0 Å². The van der Waals surface area contributed by atoms with Crippen molar-refractivity contribution in [3.63, 3.8) is 0 Å². The Hall–Kier alpha value is -1.19. The Morgan fingerprint density at radius 3 is 2.56 bits per heavy atom. The summed E-state index contributed by atoms with van der Waals surface area (Å²) in [7, 11) is 0. The van der Waals surface area contributed by atoms with Crippen molar-refractivity contribution in [1.29, 1.82) is 0 Å². The van der Waals surface area contributed by atoms with Crippen molar-refractivity contribution in [2.75, 3.05) is 6.61 Å². The molecule has 1 saturated carbocycles. The Balaban J connectivity index is 2.86. The zero-order valence-corrected chi connectivity index (χ0v) is 11.5. The van der Waals surface area contributed by atoms with E-state index in [1.807, 2.05) is 13.8 Å². The first-order valence-corrected chi connectivity index (χ1v) is 6.48. The normalized spacial score (nSPS) is 26.1. The Morgan fingerprint density at radius 2 is 2.11 bits per heavy atom. The van der Waals surface area contributed by atoms with Crippen LogP contribution in [0.15, 0.2) is 0 Å². The standard InChI is InChI=1S/C14H22O4/c1-4-18-12(17)9-14(6-5-7-15)10-13(2,3)8-11(14)16/h7H,4-6,8-10H2,1-3H3. The van der Waals surface area contributed by atoms with Gasteiger partial charge in [0.25, 0.3) is 0 Å². The molecule has 18 heavy (non-hydrogen) atoms. The van der Waals surface area contributed by atoms with Crippen LogP contribution in [0.4, 0.5) is 0 Å². The van der Waals surface area contributed by atoms with E-state index in [2.05, 4.69) is 0 Å². The molecule has 0 aromatic heterocycles. The van der Waals surface area contributed by atoms with Gasteiger partial charge in [-0.2, -0.15) is 0 Å². The molecule has 0 spiro atoms. The summed E-state index contributed by atoms with van der Waals surface area (Å²) in [4.78, 5) is 34.5. The average molecular weight is 254 g/mol. The Morgan fingerprint density at radius 1 is 1.44 bits per heavy atom. The SMILES string of the molecule is CCOC(=O)CC1(CCC=O)CC(C)(C)CC1=O. The lowest BCUT2D eigenvalue weighted by Gasteiger charge is -2.27. The van der Waals surface area contributed by atoms with Gasteiger partial charge < -0.3 is 9.53 Å². The number of rotatable bonds is 6. The molecule has 4 nitrogen and oxygen atoms in total. The number of hydrogen-bond acceptors (Lipinski definition) is 4. The molecule has 0 amide bonds. The lowest BCUT2D eigenvalue weighted by atomic mass is 9.75. The van der Waals surface area contributed by atoms with Crippen LogP contribution in [0.1, 0.15) is 52.9 Å². The van der Waals surface area contributed by atoms with Crippen molar-refractivity contribution in [1.82, 2.24) is 0 Å². The fourth-order valence-electron chi connectivity index (χ4n) is 3.00. The highest BCUT2D eigenvalue weighted by Gasteiger charge is 2.50. The number of Topliss-reactive ketones (excluding diaryl/α,β-unsaturated/α-hetero) is 1. The van der Waals surface area contributed by atoms with E-state index in [-0.39, 0.29) is 23.6 Å². The Kier molecular flexibility index (Phi) is 4.65. The summed E-state index contributed by atoms with van der Waals surface area (Å²) in [5.41, 5.74) is -0.775. The molecule has 102 valence electrons. The second-order valence-corrected chi connectivity index (χ2v) is 5.91. The van der Waals surface area contributed by atoms with Gasteiger partial charge in [0, 0.05) is 18.3 Å². The number of aldehydes is 1. The van der Waals surface area contributed by atoms with Crippen molar-refractivity contribution in [2.45, 2.75) is 52.9 Å². The molecule has 1 fully saturated rings. The van der Waals surface area contributed by atoms with Crippen LogP contribution in [0.25, 0.3) is 0 Å². The number of ether oxygens (including phenoxy) is 1. The number of hydrogen-bond donors (Lipinski definition) is 0. The molecule has 0 N–H and O–H groups in total. The molecule has 1 rings (SSSR count). The predicted octanol–water partition coefficient (Wildman–Crippen LogP) is 2.29. The third kappa shape index (κ3) is 3.40. The summed E-state index contributed by atoms with van der Waals surface area (Å²) in [6.45, 7) is 6.12. The Labute approximate surface area is 108 Å². The topological polar surface area (TPSA) is 60.4 Å². The van der Waals surface area contributed by atoms with E-state index in [4.69, 9.17) is 4.74 Å². The molecule has 0 heterocycles. The maximum atomic E-state index is 12.2. The predicted molar refractivity (Wildman–Crippen MR) is 67.0 cm³/mol. The second kappa shape index (κ2) is 5.63. The van der Waals surface area contributed by atoms with E-state index in [0.717, 1.165) is 6.29 Å². The monoisotopic (exact) mass is 254 g/mol. The van der Waals surface area contributed by atoms with Gasteiger partial charge in [0.1, 0.15) is 12.1 Å². The third-order valence-corrected chi connectivity index (χ3v) is 3.58. The van der Waals surface area contributed by atoms with Gasteiger partial charge in [-0.05, 0) is 25.2 Å². The van der Waals surface area contributed by atoms with Gasteiger partial charge >= 0.3 is 5.97 Å². The number of esters is 1. The van der Waals surface area contributed by atoms with Crippen LogP contribution in [-0.2, 0) is 19.1 Å². The third-order valence-electron chi connectivity index (χ3n) is 3.58. The molecule has 1 aliphatic carbocycles. The van der Waals surface area contributed by atoms with Crippen LogP contribution in [0.3, 0.4) is 0 Å². The van der Waals surface area contributed by atoms with Crippen LogP contribution in [0.5, 0.6) is 0 Å². The number of carbonyl (C=O) groups is 3. The molecule has 0 radical (unpaired) electrons. The fourth-order valence-corrected chi connectivity index (χ4v) is 3.00. The zero-order chi connectivity index (χ0) is 13.8. The first-order chi connectivity index (χ1) is 8.35. The van der Waals surface area contributed by atoms with Gasteiger partial charge in [0.05, 0.1) is 13.0 Å². The fraction of sp³-hybridized carbons (Fsp3) is 0.786. The minimum absolute atomic E-state index is 0.0908. The molecule has 1 atom stereocenters. The molecule has 0 saturated heterocycles. The summed E-state index contributed by atoms with van der Waals surface area (Å²) in [5.74, 6) is -0.239. The maximum Gasteiger partial charge on any atom is 0.306 e. The molecule has 4 heteroatoms. The van der Waals surface area contributed by atoms with Crippen molar-refractivity contribution in [3.8, 4) is 0 Å². The highest BCUT2D eigenvalue weighted by molar-refractivity contribution is 5.91. The highest BCUT2D eigenvalue weighted by Crippen LogP contribution is 2.51. The van der Waals surface area contributed by atoms with Gasteiger partial charge in [0.2, 0.25) is 0 Å². The first-order valence-electron chi connectivity index (χ1n) is 6.48. The summed E-state index contributed by atoms with van der Waals surface area (Å²) in [5, 5.41) is 0. The second-order valence-electron chi connectivity index (χ2n) is 5.91. The lowest BCUT2D eigenvalue weighted by Crippen LogP contribution is -2.30. The summed E-state index contributed by atoms with van der Waals surface area (Å²) in [6, 6.07) is 0. The quantitative estimate of drug-likeness (QED) is 0.539. The van der Waals surface area contributed by atoms with Gasteiger partial charge in [-0.1, -0.05) is 13.8 Å². The van der Waals surface area contributed by atoms with E-state index in [1.165, 1.54) is 0 Å². The van der Waals surface area contributed by atoms with Gasteiger partial charge in [-0.15, -0.1) is 0 Å². The minimum atomic E-state index is -0.684. The van der Waals surface area contributed by atoms with Crippen molar-refractivity contribution in [2.24, 2.45) is 10.8 Å². The minimum Gasteiger partial charge on any atom is -0.466 e. The van der Waals surface area contributed by atoms with E-state index < -0.39 is 5.41 Å². The maximum absolute atomic E-state index is 12.2. The van der Waals surface area contributed by atoms with Crippen LogP contribution in [-0.4, -0.2) is 24.6 Å². The van der Waals surface area contributed by atoms with E-state index in [9.17, 15) is 14.4 Å². The van der Waals surface area contributed by atoms with Crippen LogP contribution in [0.2, 0.25) is 0 Å². The molecular formula is C14H22O4. The van der Waals surface area contributed by atoms with Crippen LogP contribution < -0.4 is 0 Å². The molecule has 1 unspecified atom stereocenters. The number of carbonyl (C=O) groups excluding carboxylic acids is 3.